The van der Waals surface area contributed by atoms with Gasteiger partial charge in [-0.1, -0.05) is 13.8 Å². The van der Waals surface area contributed by atoms with Crippen molar-refractivity contribution in [1.82, 2.24) is 4.90 Å². The second-order valence-electron chi connectivity index (χ2n) is 5.01. The van der Waals surface area contributed by atoms with Crippen molar-refractivity contribution in [2.75, 3.05) is 32.9 Å². The monoisotopic (exact) mass is 307 g/mol. The van der Waals surface area contributed by atoms with E-state index in [0.29, 0.717) is 25.7 Å². The Kier molecular flexibility index (Phi) is 10.7. The van der Waals surface area contributed by atoms with Gasteiger partial charge in [0, 0.05) is 32.4 Å². The highest BCUT2D eigenvalue weighted by Crippen LogP contribution is 2.22. The van der Waals surface area contributed by atoms with Crippen LogP contribution in [0.3, 0.4) is 0 Å². The topological polar surface area (TPSA) is 51.2 Å². The number of hydrogen-bond acceptors (Lipinski definition) is 5. The molecule has 0 saturated heterocycles. The Bertz CT molecular complexity index is 224. The van der Waals surface area contributed by atoms with Crippen LogP contribution in [0, 0.1) is 5.92 Å². The van der Waals surface area contributed by atoms with Gasteiger partial charge in [-0.15, -0.1) is 0 Å². The normalized spacial score (nSPS) is 15.6. The highest BCUT2D eigenvalue weighted by molar-refractivity contribution is 6.60. The molecule has 5 nitrogen and oxygen atoms in total. The van der Waals surface area contributed by atoms with E-state index in [1.807, 2.05) is 25.7 Å². The van der Waals surface area contributed by atoms with Gasteiger partial charge < -0.3 is 18.4 Å². The van der Waals surface area contributed by atoms with Crippen LogP contribution in [0.2, 0.25) is 6.04 Å². The lowest BCUT2D eigenvalue weighted by atomic mass is 10.2. The SMILES string of the molecule is CCO[Si](CC(C)CN(CC)C(C)O)(OCC)OCC. The molecule has 20 heavy (non-hydrogen) atoms. The molecule has 0 aromatic rings. The molecule has 6 heteroatoms. The molecule has 0 aliphatic carbocycles. The first-order chi connectivity index (χ1) is 9.44. The van der Waals surface area contributed by atoms with Crippen LogP contribution >= 0.6 is 0 Å². The third-order valence-electron chi connectivity index (χ3n) is 3.17. The maximum absolute atomic E-state index is 9.71. The van der Waals surface area contributed by atoms with Gasteiger partial charge in [0.15, 0.2) is 0 Å². The molecule has 0 spiro atoms. The third kappa shape index (κ3) is 7.15. The fourth-order valence-electron chi connectivity index (χ4n) is 2.40. The van der Waals surface area contributed by atoms with Crippen molar-refractivity contribution in [3.8, 4) is 0 Å². The van der Waals surface area contributed by atoms with Crippen LogP contribution in [0.25, 0.3) is 0 Å². The van der Waals surface area contributed by atoms with Gasteiger partial charge >= 0.3 is 8.80 Å². The molecule has 0 aromatic carbocycles. The Balaban J connectivity index is 4.68. The summed E-state index contributed by atoms with van der Waals surface area (Å²) in [5.74, 6) is 0.348. The lowest BCUT2D eigenvalue weighted by Crippen LogP contribution is -2.48. The average Bonchev–Trinajstić information content (AvgIpc) is 2.36. The molecule has 0 amide bonds. The van der Waals surface area contributed by atoms with E-state index in [1.54, 1.807) is 6.92 Å². The van der Waals surface area contributed by atoms with Gasteiger partial charge in [0.2, 0.25) is 0 Å². The van der Waals surface area contributed by atoms with Crippen molar-refractivity contribution in [3.63, 3.8) is 0 Å². The third-order valence-corrected chi connectivity index (χ3v) is 6.55. The van der Waals surface area contributed by atoms with E-state index < -0.39 is 15.0 Å². The number of aliphatic hydroxyl groups is 1. The summed E-state index contributed by atoms with van der Waals surface area (Å²) in [6.45, 7) is 15.4. The van der Waals surface area contributed by atoms with E-state index in [4.69, 9.17) is 13.3 Å². The van der Waals surface area contributed by atoms with E-state index in [2.05, 4.69) is 13.8 Å². The molecule has 1 N–H and O–H groups in total. The molecular weight excluding hydrogens is 274 g/mol. The average molecular weight is 308 g/mol. The second kappa shape index (κ2) is 10.7. The van der Waals surface area contributed by atoms with E-state index >= 15 is 0 Å². The predicted octanol–water partition coefficient (Wildman–Crippen LogP) is 2.33. The summed E-state index contributed by atoms with van der Waals surface area (Å²) in [7, 11) is -2.58. The highest BCUT2D eigenvalue weighted by atomic mass is 28.4. The van der Waals surface area contributed by atoms with Crippen molar-refractivity contribution < 1.29 is 18.4 Å². The van der Waals surface area contributed by atoms with Crippen LogP contribution in [-0.4, -0.2) is 57.9 Å². The van der Waals surface area contributed by atoms with E-state index in [0.717, 1.165) is 19.1 Å². The van der Waals surface area contributed by atoms with Crippen LogP contribution in [0.5, 0.6) is 0 Å². The molecule has 0 saturated carbocycles. The highest BCUT2D eigenvalue weighted by Gasteiger charge is 2.42. The maximum Gasteiger partial charge on any atom is 0.501 e. The summed E-state index contributed by atoms with van der Waals surface area (Å²) in [4.78, 5) is 2.04. The molecule has 0 radical (unpaired) electrons. The first kappa shape index (κ1) is 20.0. The number of rotatable bonds is 12. The molecule has 0 aliphatic rings. The summed E-state index contributed by atoms with van der Waals surface area (Å²) in [5.41, 5.74) is 0. The van der Waals surface area contributed by atoms with Gasteiger partial charge in [-0.05, 0) is 40.2 Å². The number of hydrogen-bond donors (Lipinski definition) is 1. The molecule has 2 unspecified atom stereocenters. The van der Waals surface area contributed by atoms with Crippen LogP contribution in [0.4, 0.5) is 0 Å². The summed E-state index contributed by atoms with van der Waals surface area (Å²) in [6.07, 6.45) is -0.426. The lowest BCUT2D eigenvalue weighted by Gasteiger charge is -2.33. The Morgan fingerprint density at radius 3 is 1.70 bits per heavy atom. The standard InChI is InChI=1S/C14H33NO4Si/c1-7-15(14(6)16)11-13(5)12-20(17-8-2,18-9-3)19-10-4/h13-14,16H,7-12H2,1-6H3. The largest absolute Gasteiger partial charge is 0.501 e. The first-order valence-corrected chi connectivity index (χ1v) is 9.71. The van der Waals surface area contributed by atoms with Crippen molar-refractivity contribution >= 4 is 8.80 Å². The second-order valence-corrected chi connectivity index (χ2v) is 7.65. The summed E-state index contributed by atoms with van der Waals surface area (Å²) in [6, 6.07) is 0.783. The predicted molar refractivity (Wildman–Crippen MR) is 83.5 cm³/mol. The van der Waals surface area contributed by atoms with Gasteiger partial charge in [-0.3, -0.25) is 4.90 Å². The molecule has 0 rings (SSSR count). The minimum Gasteiger partial charge on any atom is -0.379 e. The van der Waals surface area contributed by atoms with Crippen LogP contribution in [0.15, 0.2) is 0 Å². The molecule has 0 bridgehead atoms. The number of nitrogens with zero attached hydrogens (tertiary/aromatic N) is 1. The molecule has 2 atom stereocenters. The van der Waals surface area contributed by atoms with Crippen molar-refractivity contribution in [1.29, 1.82) is 0 Å². The molecule has 0 fully saturated rings. The minimum atomic E-state index is -2.58. The fourth-order valence-corrected chi connectivity index (χ4v) is 5.30. The molecule has 0 aliphatic heterocycles. The van der Waals surface area contributed by atoms with Gasteiger partial charge in [-0.2, -0.15) is 0 Å². The van der Waals surface area contributed by atoms with E-state index in [9.17, 15) is 5.11 Å². The first-order valence-electron chi connectivity index (χ1n) is 7.78. The van der Waals surface area contributed by atoms with Crippen LogP contribution in [-0.2, 0) is 13.3 Å². The van der Waals surface area contributed by atoms with Crippen LogP contribution < -0.4 is 0 Å². The zero-order chi connectivity index (χ0) is 15.6. The number of aliphatic hydroxyl groups excluding tert-OH is 1. The molecule has 0 aromatic heterocycles. The van der Waals surface area contributed by atoms with E-state index in [1.165, 1.54) is 0 Å². The van der Waals surface area contributed by atoms with Gasteiger partial charge in [0.1, 0.15) is 6.23 Å². The van der Waals surface area contributed by atoms with Gasteiger partial charge in [-0.25, -0.2) is 0 Å². The lowest BCUT2D eigenvalue weighted by molar-refractivity contribution is 0.0108. The Morgan fingerprint density at radius 1 is 0.950 bits per heavy atom. The zero-order valence-electron chi connectivity index (χ0n) is 14.0. The van der Waals surface area contributed by atoms with Crippen LogP contribution in [0.1, 0.15) is 41.5 Å². The summed E-state index contributed by atoms with van der Waals surface area (Å²) in [5, 5.41) is 9.71. The van der Waals surface area contributed by atoms with Crippen molar-refractivity contribution in [3.05, 3.63) is 0 Å². The van der Waals surface area contributed by atoms with Gasteiger partial charge in [0.25, 0.3) is 0 Å². The minimum absolute atomic E-state index is 0.348. The zero-order valence-corrected chi connectivity index (χ0v) is 15.0. The quantitative estimate of drug-likeness (QED) is 0.443. The van der Waals surface area contributed by atoms with E-state index in [-0.39, 0.29) is 0 Å². The summed E-state index contributed by atoms with van der Waals surface area (Å²) >= 11 is 0. The van der Waals surface area contributed by atoms with Crippen molar-refractivity contribution in [2.45, 2.75) is 53.8 Å². The fraction of sp³-hybridized carbons (Fsp3) is 1.00. The Hall–Kier alpha value is 0.0169. The maximum atomic E-state index is 9.71. The molecular formula is C14H33NO4Si. The van der Waals surface area contributed by atoms with Crippen molar-refractivity contribution in [2.24, 2.45) is 5.92 Å². The Labute approximate surface area is 125 Å². The molecule has 122 valence electrons. The Morgan fingerprint density at radius 2 is 1.40 bits per heavy atom. The molecule has 0 heterocycles. The van der Waals surface area contributed by atoms with Gasteiger partial charge in [0.05, 0.1) is 0 Å². The smallest absolute Gasteiger partial charge is 0.379 e. The summed E-state index contributed by atoms with van der Waals surface area (Å²) < 4.78 is 17.6.